The summed E-state index contributed by atoms with van der Waals surface area (Å²) in [6.45, 7) is 2.69. The second kappa shape index (κ2) is 5.21. The second-order valence-electron chi connectivity index (χ2n) is 3.32. The van der Waals surface area contributed by atoms with Gasteiger partial charge in [-0.3, -0.25) is 4.98 Å². The summed E-state index contributed by atoms with van der Waals surface area (Å²) in [6, 6.07) is 6.15. The molecule has 0 saturated carbocycles. The van der Waals surface area contributed by atoms with Crippen LogP contribution in [0.4, 0.5) is 0 Å². The highest BCUT2D eigenvalue weighted by Crippen LogP contribution is 2.14. The van der Waals surface area contributed by atoms with Crippen molar-refractivity contribution in [2.45, 2.75) is 13.3 Å². The third kappa shape index (κ3) is 2.53. The van der Waals surface area contributed by atoms with E-state index >= 15 is 0 Å². The zero-order valence-electron chi connectivity index (χ0n) is 9.13. The first-order valence-corrected chi connectivity index (χ1v) is 5.26. The topological polar surface area (TPSA) is 47.9 Å². The van der Waals surface area contributed by atoms with Gasteiger partial charge in [0.15, 0.2) is 0 Å². The predicted octanol–water partition coefficient (Wildman–Crippen LogP) is 2.33. The molecule has 0 aliphatic carbocycles. The highest BCUT2D eigenvalue weighted by Gasteiger charge is 2.01. The van der Waals surface area contributed by atoms with Crippen LogP contribution in [0.3, 0.4) is 0 Å². The Balaban J connectivity index is 2.13. The Morgan fingerprint density at radius 2 is 1.94 bits per heavy atom. The SMILES string of the molecule is CCCOc1ncc(-c2ccccn2)cn1. The van der Waals surface area contributed by atoms with Gasteiger partial charge in [-0.25, -0.2) is 9.97 Å². The van der Waals surface area contributed by atoms with Crippen LogP contribution in [0.25, 0.3) is 11.3 Å². The number of pyridine rings is 1. The predicted molar refractivity (Wildman–Crippen MR) is 61.0 cm³/mol. The molecular weight excluding hydrogens is 202 g/mol. The van der Waals surface area contributed by atoms with Crippen molar-refractivity contribution in [2.75, 3.05) is 6.61 Å². The number of hydrogen-bond donors (Lipinski definition) is 0. The summed E-state index contributed by atoms with van der Waals surface area (Å²) < 4.78 is 5.30. The fourth-order valence-corrected chi connectivity index (χ4v) is 1.25. The Morgan fingerprint density at radius 3 is 2.56 bits per heavy atom. The van der Waals surface area contributed by atoms with Gasteiger partial charge in [0, 0.05) is 24.2 Å². The number of aromatic nitrogens is 3. The molecule has 4 heteroatoms. The van der Waals surface area contributed by atoms with Crippen LogP contribution in [0, 0.1) is 0 Å². The van der Waals surface area contributed by atoms with E-state index in [0.29, 0.717) is 12.6 Å². The van der Waals surface area contributed by atoms with E-state index in [4.69, 9.17) is 4.74 Å². The Morgan fingerprint density at radius 1 is 1.12 bits per heavy atom. The number of hydrogen-bond acceptors (Lipinski definition) is 4. The average Bonchev–Trinajstić information content (AvgIpc) is 2.38. The summed E-state index contributed by atoms with van der Waals surface area (Å²) in [5, 5.41) is 0. The summed E-state index contributed by atoms with van der Waals surface area (Å²) in [6.07, 6.45) is 6.14. The zero-order valence-corrected chi connectivity index (χ0v) is 9.13. The molecule has 0 saturated heterocycles. The fraction of sp³-hybridized carbons (Fsp3) is 0.250. The molecular formula is C12H13N3O. The minimum Gasteiger partial charge on any atom is -0.463 e. The number of rotatable bonds is 4. The minimum atomic E-state index is 0.418. The van der Waals surface area contributed by atoms with Crippen molar-refractivity contribution >= 4 is 0 Å². The van der Waals surface area contributed by atoms with E-state index < -0.39 is 0 Å². The van der Waals surface area contributed by atoms with Gasteiger partial charge in [0.25, 0.3) is 0 Å². The molecule has 2 aromatic rings. The lowest BCUT2D eigenvalue weighted by Crippen LogP contribution is -1.99. The van der Waals surface area contributed by atoms with Gasteiger partial charge < -0.3 is 4.74 Å². The van der Waals surface area contributed by atoms with Gasteiger partial charge in [-0.15, -0.1) is 0 Å². The molecule has 0 unspecified atom stereocenters. The van der Waals surface area contributed by atoms with E-state index in [1.165, 1.54) is 0 Å². The monoisotopic (exact) mass is 215 g/mol. The van der Waals surface area contributed by atoms with E-state index in [2.05, 4.69) is 15.0 Å². The van der Waals surface area contributed by atoms with Crippen LogP contribution in [0.2, 0.25) is 0 Å². The first-order chi connectivity index (χ1) is 7.90. The van der Waals surface area contributed by atoms with Crippen molar-refractivity contribution in [3.8, 4) is 17.3 Å². The molecule has 0 radical (unpaired) electrons. The quantitative estimate of drug-likeness (QED) is 0.785. The van der Waals surface area contributed by atoms with Gasteiger partial charge in [0.2, 0.25) is 0 Å². The van der Waals surface area contributed by atoms with Crippen molar-refractivity contribution in [1.82, 2.24) is 15.0 Å². The molecule has 0 fully saturated rings. The maximum atomic E-state index is 5.30. The largest absolute Gasteiger partial charge is 0.463 e. The lowest BCUT2D eigenvalue weighted by atomic mass is 10.2. The van der Waals surface area contributed by atoms with Crippen LogP contribution in [0.15, 0.2) is 36.8 Å². The molecule has 0 spiro atoms. The van der Waals surface area contributed by atoms with Crippen LogP contribution in [-0.4, -0.2) is 21.6 Å². The van der Waals surface area contributed by atoms with Gasteiger partial charge in [0.05, 0.1) is 12.3 Å². The minimum absolute atomic E-state index is 0.418. The first kappa shape index (κ1) is 10.5. The molecule has 0 bridgehead atoms. The molecule has 2 aromatic heterocycles. The van der Waals surface area contributed by atoms with Crippen molar-refractivity contribution in [1.29, 1.82) is 0 Å². The van der Waals surface area contributed by atoms with Crippen molar-refractivity contribution in [3.05, 3.63) is 36.8 Å². The summed E-state index contributed by atoms with van der Waals surface area (Å²) in [5.74, 6) is 0. The third-order valence-corrected chi connectivity index (χ3v) is 2.02. The molecule has 16 heavy (non-hydrogen) atoms. The number of ether oxygens (including phenoxy) is 1. The van der Waals surface area contributed by atoms with Gasteiger partial charge in [-0.05, 0) is 18.6 Å². The lowest BCUT2D eigenvalue weighted by Gasteiger charge is -2.03. The van der Waals surface area contributed by atoms with Crippen molar-refractivity contribution in [2.24, 2.45) is 0 Å². The molecule has 0 atom stereocenters. The Bertz CT molecular complexity index is 428. The van der Waals surface area contributed by atoms with Crippen LogP contribution in [-0.2, 0) is 0 Å². The lowest BCUT2D eigenvalue weighted by molar-refractivity contribution is 0.292. The summed E-state index contributed by atoms with van der Waals surface area (Å²) in [5.41, 5.74) is 1.76. The first-order valence-electron chi connectivity index (χ1n) is 5.26. The maximum absolute atomic E-state index is 5.30. The highest BCUT2D eigenvalue weighted by molar-refractivity contribution is 5.56. The van der Waals surface area contributed by atoms with E-state index in [1.807, 2.05) is 25.1 Å². The van der Waals surface area contributed by atoms with E-state index in [9.17, 15) is 0 Å². The smallest absolute Gasteiger partial charge is 0.316 e. The van der Waals surface area contributed by atoms with E-state index in [0.717, 1.165) is 17.7 Å². The van der Waals surface area contributed by atoms with Crippen LogP contribution in [0.5, 0.6) is 6.01 Å². The normalized spacial score (nSPS) is 10.1. The van der Waals surface area contributed by atoms with Gasteiger partial charge in [-0.1, -0.05) is 13.0 Å². The van der Waals surface area contributed by atoms with Crippen LogP contribution in [0.1, 0.15) is 13.3 Å². The molecule has 82 valence electrons. The summed E-state index contributed by atoms with van der Waals surface area (Å²) in [7, 11) is 0. The molecule has 0 aliphatic rings. The standard InChI is InChI=1S/C12H13N3O/c1-2-7-16-12-14-8-10(9-15-12)11-5-3-4-6-13-11/h3-6,8-9H,2,7H2,1H3. The molecule has 4 nitrogen and oxygen atoms in total. The highest BCUT2D eigenvalue weighted by atomic mass is 16.5. The summed E-state index contributed by atoms with van der Waals surface area (Å²) >= 11 is 0. The maximum Gasteiger partial charge on any atom is 0.316 e. The molecule has 2 heterocycles. The van der Waals surface area contributed by atoms with E-state index in [1.54, 1.807) is 18.6 Å². The fourth-order valence-electron chi connectivity index (χ4n) is 1.25. The Kier molecular flexibility index (Phi) is 3.43. The van der Waals surface area contributed by atoms with Crippen LogP contribution < -0.4 is 4.74 Å². The molecule has 0 aromatic carbocycles. The average molecular weight is 215 g/mol. The zero-order chi connectivity index (χ0) is 11.2. The van der Waals surface area contributed by atoms with Crippen molar-refractivity contribution in [3.63, 3.8) is 0 Å². The number of nitrogens with zero attached hydrogens (tertiary/aromatic N) is 3. The van der Waals surface area contributed by atoms with Crippen LogP contribution >= 0.6 is 0 Å². The van der Waals surface area contributed by atoms with Crippen molar-refractivity contribution < 1.29 is 4.74 Å². The molecule has 2 rings (SSSR count). The van der Waals surface area contributed by atoms with Gasteiger partial charge >= 0.3 is 6.01 Å². The molecule has 0 N–H and O–H groups in total. The third-order valence-electron chi connectivity index (χ3n) is 2.02. The van der Waals surface area contributed by atoms with E-state index in [-0.39, 0.29) is 0 Å². The molecule has 0 amide bonds. The second-order valence-corrected chi connectivity index (χ2v) is 3.32. The molecule has 0 aliphatic heterocycles. The summed E-state index contributed by atoms with van der Waals surface area (Å²) in [4.78, 5) is 12.5. The Hall–Kier alpha value is -1.97. The van der Waals surface area contributed by atoms with Gasteiger partial charge in [-0.2, -0.15) is 0 Å². The Labute approximate surface area is 94.4 Å². The van der Waals surface area contributed by atoms with Gasteiger partial charge in [0.1, 0.15) is 0 Å².